The quantitative estimate of drug-likeness (QED) is 0.463. The van der Waals surface area contributed by atoms with E-state index in [-0.39, 0.29) is 0 Å². The van der Waals surface area contributed by atoms with Crippen molar-refractivity contribution in [3.05, 3.63) is 6.10 Å². The van der Waals surface area contributed by atoms with Crippen LogP contribution in [0, 0.1) is 6.10 Å². The molecule has 1 aliphatic rings. The topological polar surface area (TPSA) is 18.5 Å². The Morgan fingerprint density at radius 3 is 2.86 bits per heavy atom. The molecule has 0 aromatic rings. The van der Waals surface area contributed by atoms with Crippen LogP contribution in [-0.4, -0.2) is 6.61 Å². The van der Waals surface area contributed by atoms with Gasteiger partial charge in [-0.15, -0.1) is 0 Å². The minimum atomic E-state index is 0.739. The van der Waals surface area contributed by atoms with Crippen molar-refractivity contribution in [2.75, 3.05) is 6.61 Å². The zero-order valence-electron chi connectivity index (χ0n) is 4.44. The van der Waals surface area contributed by atoms with E-state index in [4.69, 9.17) is 4.89 Å². The number of hydrogen-bond donors (Lipinski definition) is 0. The van der Waals surface area contributed by atoms with Crippen molar-refractivity contribution in [3.8, 4) is 0 Å². The molecule has 0 bridgehead atoms. The van der Waals surface area contributed by atoms with Crippen molar-refractivity contribution in [2.24, 2.45) is 0 Å². The van der Waals surface area contributed by atoms with Crippen LogP contribution >= 0.6 is 0 Å². The van der Waals surface area contributed by atoms with Gasteiger partial charge >= 0.3 is 0 Å². The van der Waals surface area contributed by atoms with Crippen molar-refractivity contribution in [1.82, 2.24) is 0 Å². The van der Waals surface area contributed by atoms with Crippen molar-refractivity contribution in [3.63, 3.8) is 0 Å². The van der Waals surface area contributed by atoms with E-state index in [1.54, 1.807) is 0 Å². The fourth-order valence-corrected chi connectivity index (χ4v) is 0.558. The first-order chi connectivity index (χ1) is 3.43. The molecule has 0 aromatic carbocycles. The van der Waals surface area contributed by atoms with Crippen molar-refractivity contribution >= 4 is 0 Å². The van der Waals surface area contributed by atoms with Crippen LogP contribution in [0.2, 0.25) is 0 Å². The molecule has 41 valence electrons. The van der Waals surface area contributed by atoms with E-state index in [0.29, 0.717) is 0 Å². The third-order valence-corrected chi connectivity index (χ3v) is 1.04. The van der Waals surface area contributed by atoms with Crippen molar-refractivity contribution < 1.29 is 9.78 Å². The van der Waals surface area contributed by atoms with Gasteiger partial charge in [-0.1, -0.05) is 6.92 Å². The molecule has 2 nitrogen and oxygen atoms in total. The van der Waals surface area contributed by atoms with Crippen LogP contribution in [0.4, 0.5) is 0 Å². The second-order valence-electron chi connectivity index (χ2n) is 1.55. The highest BCUT2D eigenvalue weighted by molar-refractivity contribution is 4.76. The lowest BCUT2D eigenvalue weighted by Crippen LogP contribution is -1.87. The van der Waals surface area contributed by atoms with Gasteiger partial charge in [-0.2, -0.15) is 0 Å². The maximum atomic E-state index is 4.72. The summed E-state index contributed by atoms with van der Waals surface area (Å²) in [5, 5.41) is 0. The lowest BCUT2D eigenvalue weighted by molar-refractivity contribution is -0.244. The molecule has 0 spiro atoms. The summed E-state index contributed by atoms with van der Waals surface area (Å²) in [5.41, 5.74) is 0. The summed E-state index contributed by atoms with van der Waals surface area (Å²) < 4.78 is 0. The van der Waals surface area contributed by atoms with Gasteiger partial charge in [0.2, 0.25) is 0 Å². The smallest absolute Gasteiger partial charge is 0.138 e. The third kappa shape index (κ3) is 1.14. The monoisotopic (exact) mass is 101 g/mol. The van der Waals surface area contributed by atoms with Gasteiger partial charge in [-0.05, 0) is 6.42 Å². The van der Waals surface area contributed by atoms with Gasteiger partial charge in [0.1, 0.15) is 6.10 Å². The van der Waals surface area contributed by atoms with E-state index >= 15 is 0 Å². The van der Waals surface area contributed by atoms with E-state index in [1.165, 1.54) is 0 Å². The van der Waals surface area contributed by atoms with Gasteiger partial charge in [0.15, 0.2) is 0 Å². The molecule has 0 unspecified atom stereocenters. The van der Waals surface area contributed by atoms with E-state index in [1.807, 2.05) is 0 Å². The Balaban J connectivity index is 2.14. The molecule has 1 saturated heterocycles. The highest BCUT2D eigenvalue weighted by Crippen LogP contribution is 2.18. The second-order valence-corrected chi connectivity index (χ2v) is 1.55. The van der Waals surface area contributed by atoms with Gasteiger partial charge in [0.25, 0.3) is 0 Å². The van der Waals surface area contributed by atoms with E-state index in [2.05, 4.69) is 11.8 Å². The molecular weight excluding hydrogens is 92.1 g/mol. The Kier molecular flexibility index (Phi) is 1.65. The predicted octanol–water partition coefficient (Wildman–Crippen LogP) is 1.28. The predicted molar refractivity (Wildman–Crippen MR) is 25.2 cm³/mol. The molecule has 1 rings (SSSR count). The summed E-state index contributed by atoms with van der Waals surface area (Å²) in [6.45, 7) is 2.80. The lowest BCUT2D eigenvalue weighted by Gasteiger charge is -1.95. The van der Waals surface area contributed by atoms with Gasteiger partial charge in [-0.3, -0.25) is 0 Å². The molecule has 0 saturated carbocycles. The third-order valence-electron chi connectivity index (χ3n) is 1.04. The van der Waals surface area contributed by atoms with Crippen LogP contribution in [0.15, 0.2) is 0 Å². The summed E-state index contributed by atoms with van der Waals surface area (Å²) in [7, 11) is 0. The Morgan fingerprint density at radius 1 is 1.71 bits per heavy atom. The number of rotatable bonds is 1. The normalized spacial score (nSPS) is 23.6. The highest BCUT2D eigenvalue weighted by Gasteiger charge is 2.14. The molecule has 1 radical (unpaired) electrons. The van der Waals surface area contributed by atoms with Crippen molar-refractivity contribution in [2.45, 2.75) is 19.8 Å². The summed E-state index contributed by atoms with van der Waals surface area (Å²) in [6.07, 6.45) is 3.04. The largest absolute Gasteiger partial charge is 0.236 e. The second kappa shape index (κ2) is 2.28. The Labute approximate surface area is 43.3 Å². The fourth-order valence-electron chi connectivity index (χ4n) is 0.558. The van der Waals surface area contributed by atoms with Crippen LogP contribution < -0.4 is 0 Å². The zero-order valence-corrected chi connectivity index (χ0v) is 4.44. The summed E-state index contributed by atoms with van der Waals surface area (Å²) in [5.74, 6) is 0. The first-order valence-corrected chi connectivity index (χ1v) is 2.57. The zero-order chi connectivity index (χ0) is 5.11. The van der Waals surface area contributed by atoms with Crippen LogP contribution in [-0.2, 0) is 9.78 Å². The van der Waals surface area contributed by atoms with Crippen LogP contribution in [0.1, 0.15) is 19.8 Å². The molecular formula is C5H9O2. The highest BCUT2D eigenvalue weighted by atomic mass is 17.2. The maximum Gasteiger partial charge on any atom is 0.138 e. The summed E-state index contributed by atoms with van der Waals surface area (Å²) >= 11 is 0. The minimum Gasteiger partial charge on any atom is -0.236 e. The van der Waals surface area contributed by atoms with Crippen LogP contribution in [0.5, 0.6) is 0 Å². The first kappa shape index (κ1) is 5.06. The molecule has 0 aliphatic carbocycles. The SMILES string of the molecule is CC[C]1CCOO1. The Morgan fingerprint density at radius 2 is 2.57 bits per heavy atom. The van der Waals surface area contributed by atoms with Crippen LogP contribution in [0.25, 0.3) is 0 Å². The molecule has 0 atom stereocenters. The minimum absolute atomic E-state index is 0.739. The van der Waals surface area contributed by atoms with Crippen LogP contribution in [0.3, 0.4) is 0 Å². The van der Waals surface area contributed by atoms with E-state index in [9.17, 15) is 0 Å². The molecule has 0 amide bonds. The van der Waals surface area contributed by atoms with Crippen molar-refractivity contribution in [1.29, 1.82) is 0 Å². The number of hydrogen-bond acceptors (Lipinski definition) is 2. The molecule has 7 heavy (non-hydrogen) atoms. The standard InChI is InChI=1S/C5H9O2/c1-2-5-3-4-6-7-5/h2-4H2,1H3. The summed E-state index contributed by atoms with van der Waals surface area (Å²) in [6, 6.07) is 0. The molecule has 1 heterocycles. The Hall–Kier alpha value is -0.0800. The maximum absolute atomic E-state index is 4.72. The molecule has 1 aliphatic heterocycles. The van der Waals surface area contributed by atoms with Gasteiger partial charge in [-0.25, -0.2) is 9.78 Å². The average Bonchev–Trinajstić information content (AvgIpc) is 2.14. The van der Waals surface area contributed by atoms with Gasteiger partial charge in [0, 0.05) is 6.42 Å². The van der Waals surface area contributed by atoms with Gasteiger partial charge in [0.05, 0.1) is 6.61 Å². The van der Waals surface area contributed by atoms with E-state index < -0.39 is 0 Å². The fraction of sp³-hybridized carbons (Fsp3) is 0.800. The molecule has 0 N–H and O–H groups in total. The van der Waals surface area contributed by atoms with E-state index in [0.717, 1.165) is 25.6 Å². The average molecular weight is 101 g/mol. The molecule has 2 heteroatoms. The molecule has 0 aromatic heterocycles. The Bertz CT molecular complexity index is 48.0. The molecule has 1 fully saturated rings. The summed E-state index contributed by atoms with van der Waals surface area (Å²) in [4.78, 5) is 9.33. The van der Waals surface area contributed by atoms with Gasteiger partial charge < -0.3 is 0 Å². The first-order valence-electron chi connectivity index (χ1n) is 2.57. The lowest BCUT2D eigenvalue weighted by atomic mass is 10.2.